The van der Waals surface area contributed by atoms with E-state index in [4.69, 9.17) is 0 Å². The Bertz CT molecular complexity index is 702. The number of hydrogen-bond acceptors (Lipinski definition) is 5. The molecule has 2 aromatic rings. The molecule has 0 saturated heterocycles. The van der Waals surface area contributed by atoms with E-state index in [2.05, 4.69) is 10.3 Å². The van der Waals surface area contributed by atoms with Crippen molar-refractivity contribution < 1.29 is 4.79 Å². The molecular formula is C13H15N3O2S. The molecule has 19 heavy (non-hydrogen) atoms. The lowest BCUT2D eigenvalue weighted by Crippen LogP contribution is -2.25. The van der Waals surface area contributed by atoms with Crippen LogP contribution < -0.4 is 5.56 Å². The number of aromatic nitrogens is 3. The van der Waals surface area contributed by atoms with E-state index < -0.39 is 0 Å². The van der Waals surface area contributed by atoms with Crippen LogP contribution in [-0.2, 0) is 24.2 Å². The fourth-order valence-corrected chi connectivity index (χ4v) is 3.71. The maximum absolute atomic E-state index is 12.4. The molecule has 0 fully saturated rings. The van der Waals surface area contributed by atoms with Crippen LogP contribution in [-0.4, -0.2) is 20.8 Å². The Morgan fingerprint density at radius 2 is 2.16 bits per heavy atom. The van der Waals surface area contributed by atoms with Gasteiger partial charge in [0.15, 0.2) is 4.83 Å². The summed E-state index contributed by atoms with van der Waals surface area (Å²) in [6.07, 6.45) is 4.65. The predicted molar refractivity (Wildman–Crippen MR) is 73.6 cm³/mol. The van der Waals surface area contributed by atoms with Crippen LogP contribution in [0.1, 0.15) is 36.6 Å². The molecule has 0 N–H and O–H groups in total. The van der Waals surface area contributed by atoms with Crippen LogP contribution in [0.4, 0.5) is 0 Å². The van der Waals surface area contributed by atoms with Gasteiger partial charge in [0.2, 0.25) is 0 Å². The van der Waals surface area contributed by atoms with E-state index in [9.17, 15) is 9.59 Å². The average molecular weight is 277 g/mol. The van der Waals surface area contributed by atoms with Crippen molar-refractivity contribution in [1.29, 1.82) is 0 Å². The molecule has 0 spiro atoms. The van der Waals surface area contributed by atoms with E-state index in [0.717, 1.165) is 29.5 Å². The summed E-state index contributed by atoms with van der Waals surface area (Å²) in [4.78, 5) is 25.5. The zero-order chi connectivity index (χ0) is 13.4. The summed E-state index contributed by atoms with van der Waals surface area (Å²) in [6, 6.07) is 0. The highest BCUT2D eigenvalue weighted by Gasteiger charge is 2.20. The normalized spacial score (nSPS) is 14.6. The second-order valence-electron chi connectivity index (χ2n) is 4.96. The maximum Gasteiger partial charge on any atom is 0.278 e. The Balaban J connectivity index is 2.10. The molecule has 0 amide bonds. The zero-order valence-electron chi connectivity index (χ0n) is 10.8. The van der Waals surface area contributed by atoms with E-state index in [1.807, 2.05) is 0 Å². The lowest BCUT2D eigenvalue weighted by atomic mass is 9.97. The zero-order valence-corrected chi connectivity index (χ0v) is 11.6. The van der Waals surface area contributed by atoms with Crippen LogP contribution >= 0.6 is 11.3 Å². The van der Waals surface area contributed by atoms with E-state index in [0.29, 0.717) is 13.0 Å². The van der Waals surface area contributed by atoms with E-state index in [1.54, 1.807) is 11.3 Å². The van der Waals surface area contributed by atoms with Gasteiger partial charge in [-0.2, -0.15) is 0 Å². The number of ketones is 1. The third kappa shape index (κ3) is 2.20. The standard InChI is InChI=1S/C13H15N3O2S/c1-8(17)6-7-16-13(18)11-9-4-2-3-5-10(9)19-12(11)14-15-16/h2-7H2,1H3. The average Bonchev–Trinajstić information content (AvgIpc) is 2.76. The quantitative estimate of drug-likeness (QED) is 0.856. The van der Waals surface area contributed by atoms with Gasteiger partial charge in [0.1, 0.15) is 5.78 Å². The monoisotopic (exact) mass is 277 g/mol. The summed E-state index contributed by atoms with van der Waals surface area (Å²) < 4.78 is 1.32. The smallest absolute Gasteiger partial charge is 0.278 e. The van der Waals surface area contributed by atoms with E-state index in [1.165, 1.54) is 28.5 Å². The van der Waals surface area contributed by atoms with Gasteiger partial charge in [-0.3, -0.25) is 9.59 Å². The molecule has 5 nitrogen and oxygen atoms in total. The molecule has 0 unspecified atom stereocenters. The van der Waals surface area contributed by atoms with Crippen LogP contribution in [0.25, 0.3) is 10.2 Å². The largest absolute Gasteiger partial charge is 0.300 e. The van der Waals surface area contributed by atoms with Gasteiger partial charge < -0.3 is 0 Å². The molecule has 100 valence electrons. The molecule has 2 heterocycles. The summed E-state index contributed by atoms with van der Waals surface area (Å²) in [6.45, 7) is 1.84. The lowest BCUT2D eigenvalue weighted by Gasteiger charge is -2.10. The molecular weight excluding hydrogens is 262 g/mol. The molecule has 2 aromatic heterocycles. The minimum absolute atomic E-state index is 0.0566. The van der Waals surface area contributed by atoms with Gasteiger partial charge in [0.25, 0.3) is 5.56 Å². The molecule has 0 saturated carbocycles. The van der Waals surface area contributed by atoms with Gasteiger partial charge in [-0.25, -0.2) is 4.68 Å². The second kappa shape index (κ2) is 4.85. The Kier molecular flexibility index (Phi) is 3.18. The van der Waals surface area contributed by atoms with Crippen LogP contribution in [0, 0.1) is 0 Å². The highest BCUT2D eigenvalue weighted by Crippen LogP contribution is 2.33. The Labute approximate surface area is 114 Å². The minimum Gasteiger partial charge on any atom is -0.300 e. The first kappa shape index (κ1) is 12.5. The van der Waals surface area contributed by atoms with Crippen LogP contribution in [0.15, 0.2) is 4.79 Å². The second-order valence-corrected chi connectivity index (χ2v) is 6.04. The first-order valence-corrected chi connectivity index (χ1v) is 7.36. The highest BCUT2D eigenvalue weighted by atomic mass is 32.1. The fourth-order valence-electron chi connectivity index (χ4n) is 2.52. The number of aryl methyl sites for hydroxylation is 3. The summed E-state index contributed by atoms with van der Waals surface area (Å²) in [7, 11) is 0. The van der Waals surface area contributed by atoms with Crippen molar-refractivity contribution in [2.75, 3.05) is 0 Å². The minimum atomic E-state index is -0.0920. The summed E-state index contributed by atoms with van der Waals surface area (Å²) in [5.41, 5.74) is 1.08. The van der Waals surface area contributed by atoms with Crippen molar-refractivity contribution in [3.05, 3.63) is 20.8 Å². The first-order chi connectivity index (χ1) is 9.16. The lowest BCUT2D eigenvalue weighted by molar-refractivity contribution is -0.117. The number of Topliss-reactive ketones (excluding diaryl/α,β-unsaturated/α-hetero) is 1. The number of thiophene rings is 1. The molecule has 3 rings (SSSR count). The molecule has 1 aliphatic carbocycles. The molecule has 1 aliphatic rings. The molecule has 6 heteroatoms. The number of carbonyl (C=O) groups is 1. The number of nitrogens with zero attached hydrogens (tertiary/aromatic N) is 3. The first-order valence-electron chi connectivity index (χ1n) is 6.54. The molecule has 0 aromatic carbocycles. The third-order valence-electron chi connectivity index (χ3n) is 3.52. The van der Waals surface area contributed by atoms with Crippen molar-refractivity contribution in [2.45, 2.75) is 45.6 Å². The van der Waals surface area contributed by atoms with Gasteiger partial charge >= 0.3 is 0 Å². The molecule has 0 aliphatic heterocycles. The molecule has 0 atom stereocenters. The van der Waals surface area contributed by atoms with Crippen molar-refractivity contribution >= 4 is 27.3 Å². The Morgan fingerprint density at radius 1 is 1.37 bits per heavy atom. The van der Waals surface area contributed by atoms with E-state index in [-0.39, 0.29) is 11.3 Å². The van der Waals surface area contributed by atoms with Crippen LogP contribution in [0.2, 0.25) is 0 Å². The number of fused-ring (bicyclic) bond motifs is 3. The van der Waals surface area contributed by atoms with Gasteiger partial charge in [-0.15, -0.1) is 16.4 Å². The number of rotatable bonds is 3. The fraction of sp³-hybridized carbons (Fsp3) is 0.538. The van der Waals surface area contributed by atoms with Crippen molar-refractivity contribution in [3.8, 4) is 0 Å². The van der Waals surface area contributed by atoms with Crippen molar-refractivity contribution in [3.63, 3.8) is 0 Å². The van der Waals surface area contributed by atoms with Gasteiger partial charge in [0.05, 0.1) is 11.9 Å². The van der Waals surface area contributed by atoms with Crippen LogP contribution in [0.5, 0.6) is 0 Å². The highest BCUT2D eigenvalue weighted by molar-refractivity contribution is 7.18. The van der Waals surface area contributed by atoms with Crippen LogP contribution in [0.3, 0.4) is 0 Å². The Hall–Kier alpha value is -1.56. The summed E-state index contributed by atoms with van der Waals surface area (Å²) in [5, 5.41) is 8.81. The summed E-state index contributed by atoms with van der Waals surface area (Å²) in [5.74, 6) is 0.0566. The topological polar surface area (TPSA) is 64.8 Å². The number of hydrogen-bond donors (Lipinski definition) is 0. The van der Waals surface area contributed by atoms with E-state index >= 15 is 0 Å². The predicted octanol–water partition coefficient (Wildman–Crippen LogP) is 1.71. The van der Waals surface area contributed by atoms with Gasteiger partial charge in [-0.1, -0.05) is 5.21 Å². The van der Waals surface area contributed by atoms with Crippen molar-refractivity contribution in [2.24, 2.45) is 0 Å². The Morgan fingerprint density at radius 3 is 2.95 bits per heavy atom. The molecule has 0 radical (unpaired) electrons. The van der Waals surface area contributed by atoms with Gasteiger partial charge in [0, 0.05) is 11.3 Å². The third-order valence-corrected chi connectivity index (χ3v) is 4.70. The van der Waals surface area contributed by atoms with Gasteiger partial charge in [-0.05, 0) is 38.2 Å². The number of carbonyl (C=O) groups excluding carboxylic acids is 1. The SMILES string of the molecule is CC(=O)CCn1nnc2sc3c(c2c1=O)CCCC3. The van der Waals surface area contributed by atoms with Crippen molar-refractivity contribution in [1.82, 2.24) is 15.0 Å². The summed E-state index contributed by atoms with van der Waals surface area (Å²) >= 11 is 1.59. The molecule has 0 bridgehead atoms. The maximum atomic E-state index is 12.4.